The third-order valence-corrected chi connectivity index (χ3v) is 7.40. The van der Waals surface area contributed by atoms with E-state index in [9.17, 15) is 9.59 Å². The van der Waals surface area contributed by atoms with Crippen LogP contribution in [0.15, 0.2) is 60.8 Å². The second kappa shape index (κ2) is 12.4. The van der Waals surface area contributed by atoms with Crippen LogP contribution in [0.1, 0.15) is 67.7 Å². The number of aromatic nitrogens is 3. The van der Waals surface area contributed by atoms with Crippen LogP contribution in [0.5, 0.6) is 5.75 Å². The average Bonchev–Trinajstić information content (AvgIpc) is 3.13. The molecule has 42 heavy (non-hydrogen) atoms. The van der Waals surface area contributed by atoms with Crippen LogP contribution < -0.4 is 10.1 Å². The number of hydrogen-bond donors (Lipinski definition) is 1. The summed E-state index contributed by atoms with van der Waals surface area (Å²) in [5, 5.41) is 3.39. The molecule has 0 unspecified atom stereocenters. The maximum Gasteiger partial charge on any atom is 0.410 e. The zero-order chi connectivity index (χ0) is 29.9. The normalized spacial score (nSPS) is 15.7. The second-order valence-electron chi connectivity index (χ2n) is 11.5. The average molecular weight is 590 g/mol. The summed E-state index contributed by atoms with van der Waals surface area (Å²) in [6, 6.07) is 16.6. The molecule has 4 aromatic rings. The molecule has 3 heterocycles. The molecule has 10 heteroatoms. The number of rotatable bonds is 6. The lowest BCUT2D eigenvalue weighted by molar-refractivity contribution is 0.0238. The van der Waals surface area contributed by atoms with E-state index in [1.807, 2.05) is 68.7 Å². The van der Waals surface area contributed by atoms with Gasteiger partial charge in [0.2, 0.25) is 5.95 Å². The van der Waals surface area contributed by atoms with Crippen LogP contribution in [-0.2, 0) is 11.3 Å². The van der Waals surface area contributed by atoms with Gasteiger partial charge in [0.15, 0.2) is 0 Å². The van der Waals surface area contributed by atoms with E-state index in [1.165, 1.54) is 0 Å². The number of carbonyl (C=O) groups excluding carboxylic acids is 2. The zero-order valence-corrected chi connectivity index (χ0v) is 25.1. The van der Waals surface area contributed by atoms with Crippen LogP contribution in [0, 0.1) is 6.92 Å². The summed E-state index contributed by atoms with van der Waals surface area (Å²) >= 11 is 7.03. The molecule has 0 spiro atoms. The van der Waals surface area contributed by atoms with Gasteiger partial charge in [-0.05, 0) is 76.8 Å². The number of carbonyl (C=O) groups is 2. The van der Waals surface area contributed by atoms with Crippen LogP contribution in [0.25, 0.3) is 11.0 Å². The minimum absolute atomic E-state index is 0.221. The Morgan fingerprint density at radius 2 is 1.88 bits per heavy atom. The van der Waals surface area contributed by atoms with Crippen LogP contribution in [0.3, 0.4) is 0 Å². The van der Waals surface area contributed by atoms with Gasteiger partial charge in [-0.3, -0.25) is 15.1 Å². The van der Waals surface area contributed by atoms with Crippen molar-refractivity contribution >= 4 is 40.6 Å². The summed E-state index contributed by atoms with van der Waals surface area (Å²) in [4.78, 5) is 37.2. The topological polar surface area (TPSA) is 98.6 Å². The number of nitrogens with one attached hydrogen (secondary N) is 1. The molecule has 1 aliphatic heterocycles. The van der Waals surface area contributed by atoms with E-state index in [1.54, 1.807) is 29.3 Å². The van der Waals surface area contributed by atoms with E-state index in [4.69, 9.17) is 26.1 Å². The van der Waals surface area contributed by atoms with Crippen molar-refractivity contribution in [2.75, 3.05) is 18.4 Å². The first-order valence-electron chi connectivity index (χ1n) is 14.2. The quantitative estimate of drug-likeness (QED) is 0.256. The first-order valence-corrected chi connectivity index (χ1v) is 14.6. The molecule has 5 rings (SSSR count). The molecule has 2 amide bonds. The summed E-state index contributed by atoms with van der Waals surface area (Å²) in [6.45, 7) is 8.71. The maximum atomic E-state index is 13.4. The van der Waals surface area contributed by atoms with Gasteiger partial charge in [0.05, 0.1) is 17.1 Å². The predicted molar refractivity (Wildman–Crippen MR) is 163 cm³/mol. The highest BCUT2D eigenvalue weighted by molar-refractivity contribution is 6.36. The van der Waals surface area contributed by atoms with Gasteiger partial charge >= 0.3 is 6.09 Å². The lowest BCUT2D eigenvalue weighted by atomic mass is 10.1. The fourth-order valence-electron chi connectivity index (χ4n) is 5.10. The van der Waals surface area contributed by atoms with Gasteiger partial charge < -0.3 is 18.9 Å². The number of imidazole rings is 1. The van der Waals surface area contributed by atoms with E-state index < -0.39 is 5.60 Å². The lowest BCUT2D eigenvalue weighted by Crippen LogP contribution is -2.39. The van der Waals surface area contributed by atoms with E-state index in [0.29, 0.717) is 53.0 Å². The third kappa shape index (κ3) is 6.85. The zero-order valence-electron chi connectivity index (χ0n) is 24.4. The number of pyridine rings is 1. The molecule has 9 nitrogen and oxygen atoms in total. The van der Waals surface area contributed by atoms with Crippen LogP contribution in [0.2, 0.25) is 5.02 Å². The fourth-order valence-corrected chi connectivity index (χ4v) is 5.41. The maximum absolute atomic E-state index is 13.4. The molecule has 0 aliphatic carbocycles. The first kappa shape index (κ1) is 29.4. The minimum Gasteiger partial charge on any atom is -0.487 e. The van der Waals surface area contributed by atoms with E-state index in [-0.39, 0.29) is 18.0 Å². The Hall–Kier alpha value is -4.11. The largest absolute Gasteiger partial charge is 0.487 e. The van der Waals surface area contributed by atoms with Crippen molar-refractivity contribution in [2.24, 2.45) is 0 Å². The molecule has 2 aromatic heterocycles. The van der Waals surface area contributed by atoms with E-state index >= 15 is 0 Å². The van der Waals surface area contributed by atoms with Crippen molar-refractivity contribution in [2.45, 2.75) is 65.2 Å². The number of amides is 2. The summed E-state index contributed by atoms with van der Waals surface area (Å²) in [6.07, 6.45) is 3.70. The summed E-state index contributed by atoms with van der Waals surface area (Å²) in [5.41, 5.74) is 2.85. The van der Waals surface area contributed by atoms with E-state index in [2.05, 4.69) is 10.3 Å². The molecule has 2 aromatic carbocycles. The first-order chi connectivity index (χ1) is 20.1. The number of ether oxygens (including phenoxy) is 2. The Morgan fingerprint density at radius 1 is 1.10 bits per heavy atom. The number of nitrogens with zero attached hydrogens (tertiary/aromatic N) is 4. The molecule has 220 valence electrons. The molecular formula is C32H36ClN5O4. The molecule has 1 saturated heterocycles. The van der Waals surface area contributed by atoms with Crippen molar-refractivity contribution in [3.05, 3.63) is 82.6 Å². The fraction of sp³-hybridized carbons (Fsp3) is 0.375. The SMILES string of the molecule is Cc1cc(C(=O)Nc2nc3ccc(OCc4ccccc4)c(Cl)c3n2[C@@H]2CCCCN(C(=O)OC(C)(C)C)C2)ccn1. The summed E-state index contributed by atoms with van der Waals surface area (Å²) < 4.78 is 13.8. The van der Waals surface area contributed by atoms with Gasteiger partial charge in [0, 0.05) is 30.5 Å². The van der Waals surface area contributed by atoms with Gasteiger partial charge in [-0.2, -0.15) is 0 Å². The number of likely N-dealkylation sites (tertiary alicyclic amines) is 1. The van der Waals surface area contributed by atoms with Crippen LogP contribution in [0.4, 0.5) is 10.7 Å². The molecule has 0 bridgehead atoms. The highest BCUT2D eigenvalue weighted by Gasteiger charge is 2.31. The Morgan fingerprint density at radius 3 is 2.62 bits per heavy atom. The number of halogens is 1. The number of anilines is 1. The van der Waals surface area contributed by atoms with Gasteiger partial charge in [0.25, 0.3) is 5.91 Å². The standard InChI is InChI=1S/C32H36ClN5O4/c1-21-18-23(15-16-34-21)29(39)36-30-35-25-13-14-26(41-20-22-10-6-5-7-11-22)27(33)28(25)38(30)24-12-8-9-17-37(19-24)31(40)42-32(2,3)4/h5-7,10-11,13-16,18,24H,8-9,12,17,19-20H2,1-4H3,(H,35,36,39)/t24-/m1/s1. The van der Waals surface area contributed by atoms with Crippen LogP contribution >= 0.6 is 11.6 Å². The van der Waals surface area contributed by atoms with Crippen molar-refractivity contribution in [3.8, 4) is 5.75 Å². The molecule has 1 aliphatic rings. The predicted octanol–water partition coefficient (Wildman–Crippen LogP) is 7.19. The summed E-state index contributed by atoms with van der Waals surface area (Å²) in [7, 11) is 0. The monoisotopic (exact) mass is 589 g/mol. The van der Waals surface area contributed by atoms with Crippen molar-refractivity contribution in [3.63, 3.8) is 0 Å². The van der Waals surface area contributed by atoms with Crippen molar-refractivity contribution in [1.82, 2.24) is 19.4 Å². The molecule has 0 radical (unpaired) electrons. The Labute approximate surface area is 250 Å². The minimum atomic E-state index is -0.614. The highest BCUT2D eigenvalue weighted by Crippen LogP contribution is 2.39. The van der Waals surface area contributed by atoms with Crippen LogP contribution in [-0.4, -0.2) is 50.1 Å². The highest BCUT2D eigenvalue weighted by atomic mass is 35.5. The molecule has 1 atom stereocenters. The Balaban J connectivity index is 1.54. The summed E-state index contributed by atoms with van der Waals surface area (Å²) in [5.74, 6) is 0.545. The molecular weight excluding hydrogens is 554 g/mol. The molecule has 0 saturated carbocycles. The lowest BCUT2D eigenvalue weighted by Gasteiger charge is -2.29. The Kier molecular flexibility index (Phi) is 8.68. The van der Waals surface area contributed by atoms with Gasteiger partial charge in [-0.15, -0.1) is 0 Å². The second-order valence-corrected chi connectivity index (χ2v) is 11.9. The van der Waals surface area contributed by atoms with Crippen molar-refractivity contribution in [1.29, 1.82) is 0 Å². The molecule has 1 fully saturated rings. The van der Waals surface area contributed by atoms with Crippen molar-refractivity contribution < 1.29 is 19.1 Å². The third-order valence-electron chi connectivity index (χ3n) is 7.04. The van der Waals surface area contributed by atoms with Gasteiger partial charge in [0.1, 0.15) is 23.0 Å². The number of fused-ring (bicyclic) bond motifs is 1. The van der Waals surface area contributed by atoms with Gasteiger partial charge in [-0.25, -0.2) is 9.78 Å². The number of hydrogen-bond acceptors (Lipinski definition) is 6. The smallest absolute Gasteiger partial charge is 0.410 e. The molecule has 1 N–H and O–H groups in total. The number of aryl methyl sites for hydroxylation is 1. The van der Waals surface area contributed by atoms with Gasteiger partial charge in [-0.1, -0.05) is 41.9 Å². The number of benzene rings is 2. The van der Waals surface area contributed by atoms with E-state index in [0.717, 1.165) is 30.5 Å². The Bertz CT molecular complexity index is 1580.